The average Bonchev–Trinajstić information content (AvgIpc) is 2.15. The molecule has 3 heteroatoms. The van der Waals surface area contributed by atoms with Crippen molar-refractivity contribution in [1.82, 2.24) is 0 Å². The normalized spacial score (nSPS) is 17.1. The van der Waals surface area contributed by atoms with Crippen molar-refractivity contribution >= 4 is 0 Å². The summed E-state index contributed by atoms with van der Waals surface area (Å²) in [6, 6.07) is 6.24. The van der Waals surface area contributed by atoms with Crippen molar-refractivity contribution in [1.29, 1.82) is 0 Å². The molecule has 0 fully saturated rings. The van der Waals surface area contributed by atoms with Gasteiger partial charge in [-0.15, -0.1) is 0 Å². The monoisotopic (exact) mass is 212 g/mol. The van der Waals surface area contributed by atoms with Gasteiger partial charge in [-0.3, -0.25) is 0 Å². The van der Waals surface area contributed by atoms with E-state index in [2.05, 4.69) is 0 Å². The fourth-order valence-corrected chi connectivity index (χ4v) is 1.46. The highest BCUT2D eigenvalue weighted by atomic mass is 19.1. The molecule has 2 unspecified atom stereocenters. The number of hydrogen-bond donors (Lipinski definition) is 1. The average molecular weight is 212 g/mol. The van der Waals surface area contributed by atoms with Crippen LogP contribution in [-0.4, -0.2) is 23.9 Å². The number of hydrogen-bond acceptors (Lipinski definition) is 2. The molecule has 1 aromatic carbocycles. The highest BCUT2D eigenvalue weighted by Crippen LogP contribution is 2.19. The van der Waals surface area contributed by atoms with Gasteiger partial charge < -0.3 is 9.84 Å². The molecule has 0 amide bonds. The first-order valence-corrected chi connectivity index (χ1v) is 4.95. The molecule has 1 rings (SSSR count). The smallest absolute Gasteiger partial charge is 0.123 e. The van der Waals surface area contributed by atoms with E-state index >= 15 is 0 Å². The number of rotatable bonds is 4. The lowest BCUT2D eigenvalue weighted by molar-refractivity contribution is -0.0716. The summed E-state index contributed by atoms with van der Waals surface area (Å²) in [6.45, 7) is 3.48. The minimum atomic E-state index is -0.984. The molecular weight excluding hydrogens is 195 g/mol. The van der Waals surface area contributed by atoms with Crippen LogP contribution in [0, 0.1) is 5.82 Å². The van der Waals surface area contributed by atoms with Crippen LogP contribution in [0.3, 0.4) is 0 Å². The predicted octanol–water partition coefficient (Wildman–Crippen LogP) is 2.15. The first kappa shape index (κ1) is 12.1. The number of ether oxygens (including phenoxy) is 1. The molecule has 0 radical (unpaired) electrons. The SMILES string of the molecule is COC(C)C(C)(O)Cc1cccc(F)c1. The van der Waals surface area contributed by atoms with Crippen LogP contribution in [0.2, 0.25) is 0 Å². The summed E-state index contributed by atoms with van der Waals surface area (Å²) in [5, 5.41) is 10.1. The number of aliphatic hydroxyl groups is 1. The van der Waals surface area contributed by atoms with Crippen molar-refractivity contribution in [2.24, 2.45) is 0 Å². The minimum Gasteiger partial charge on any atom is -0.387 e. The standard InChI is InChI=1S/C12H17FO2/c1-9(15-3)12(2,14)8-10-5-4-6-11(13)7-10/h4-7,9,14H,8H2,1-3H3. The Kier molecular flexibility index (Phi) is 3.83. The lowest BCUT2D eigenvalue weighted by Gasteiger charge is -2.29. The highest BCUT2D eigenvalue weighted by Gasteiger charge is 2.28. The van der Waals surface area contributed by atoms with E-state index in [0.717, 1.165) is 5.56 Å². The molecule has 15 heavy (non-hydrogen) atoms. The summed E-state index contributed by atoms with van der Waals surface area (Å²) < 4.78 is 18.0. The molecule has 0 saturated heterocycles. The van der Waals surface area contributed by atoms with Gasteiger partial charge in [0.05, 0.1) is 11.7 Å². The van der Waals surface area contributed by atoms with Gasteiger partial charge in [-0.05, 0) is 31.5 Å². The summed E-state index contributed by atoms with van der Waals surface area (Å²) in [6.07, 6.45) is 0.0838. The molecule has 2 atom stereocenters. The molecule has 0 aliphatic carbocycles. The molecule has 0 bridgehead atoms. The first-order valence-electron chi connectivity index (χ1n) is 4.95. The maximum absolute atomic E-state index is 12.9. The molecule has 1 aromatic rings. The minimum absolute atomic E-state index is 0.284. The maximum Gasteiger partial charge on any atom is 0.123 e. The summed E-state index contributed by atoms with van der Waals surface area (Å²) in [4.78, 5) is 0. The number of methoxy groups -OCH3 is 1. The van der Waals surface area contributed by atoms with Crippen LogP contribution in [0.15, 0.2) is 24.3 Å². The number of halogens is 1. The van der Waals surface area contributed by atoms with Gasteiger partial charge in [-0.25, -0.2) is 4.39 Å². The molecule has 0 aliphatic rings. The molecule has 2 nitrogen and oxygen atoms in total. The van der Waals surface area contributed by atoms with Gasteiger partial charge in [-0.1, -0.05) is 12.1 Å². The molecular formula is C12H17FO2. The van der Waals surface area contributed by atoms with Gasteiger partial charge in [0.1, 0.15) is 5.82 Å². The highest BCUT2D eigenvalue weighted by molar-refractivity contribution is 5.18. The zero-order valence-electron chi connectivity index (χ0n) is 9.33. The Balaban J connectivity index is 2.77. The van der Waals surface area contributed by atoms with Crippen LogP contribution in [-0.2, 0) is 11.2 Å². The van der Waals surface area contributed by atoms with Gasteiger partial charge in [0.2, 0.25) is 0 Å². The molecule has 0 heterocycles. The Labute approximate surface area is 89.7 Å². The van der Waals surface area contributed by atoms with Crippen LogP contribution in [0.25, 0.3) is 0 Å². The van der Waals surface area contributed by atoms with Crippen molar-refractivity contribution < 1.29 is 14.2 Å². The first-order chi connectivity index (χ1) is 6.95. The van der Waals surface area contributed by atoms with Gasteiger partial charge in [0.25, 0.3) is 0 Å². The Morgan fingerprint density at radius 2 is 2.20 bits per heavy atom. The van der Waals surface area contributed by atoms with Crippen molar-refractivity contribution in [2.45, 2.75) is 32.0 Å². The maximum atomic E-state index is 12.9. The lowest BCUT2D eigenvalue weighted by atomic mass is 9.92. The number of benzene rings is 1. The topological polar surface area (TPSA) is 29.5 Å². The van der Waals surface area contributed by atoms with E-state index < -0.39 is 5.60 Å². The third kappa shape index (κ3) is 3.29. The molecule has 1 N–H and O–H groups in total. The van der Waals surface area contributed by atoms with Gasteiger partial charge in [0, 0.05) is 13.5 Å². The molecule has 84 valence electrons. The fourth-order valence-electron chi connectivity index (χ4n) is 1.46. The van der Waals surface area contributed by atoms with E-state index in [9.17, 15) is 9.50 Å². The van der Waals surface area contributed by atoms with Crippen LogP contribution < -0.4 is 0 Å². The van der Waals surface area contributed by atoms with Crippen LogP contribution in [0.5, 0.6) is 0 Å². The van der Waals surface area contributed by atoms with Crippen molar-refractivity contribution in [3.63, 3.8) is 0 Å². The van der Waals surface area contributed by atoms with Crippen molar-refractivity contribution in [3.05, 3.63) is 35.6 Å². The van der Waals surface area contributed by atoms with E-state index in [1.807, 2.05) is 0 Å². The molecule has 0 saturated carbocycles. The van der Waals surface area contributed by atoms with Crippen molar-refractivity contribution in [3.8, 4) is 0 Å². The second kappa shape index (κ2) is 4.73. The Morgan fingerprint density at radius 3 is 2.73 bits per heavy atom. The van der Waals surface area contributed by atoms with Gasteiger partial charge in [0.15, 0.2) is 0 Å². The largest absolute Gasteiger partial charge is 0.387 e. The Hall–Kier alpha value is -0.930. The third-order valence-corrected chi connectivity index (χ3v) is 2.68. The summed E-state index contributed by atoms with van der Waals surface area (Å²) >= 11 is 0. The second-order valence-electron chi connectivity index (χ2n) is 4.04. The Morgan fingerprint density at radius 1 is 1.53 bits per heavy atom. The Bertz CT molecular complexity index is 323. The van der Waals surface area contributed by atoms with Crippen molar-refractivity contribution in [2.75, 3.05) is 7.11 Å². The van der Waals surface area contributed by atoms with E-state index in [1.54, 1.807) is 33.1 Å². The zero-order chi connectivity index (χ0) is 11.5. The second-order valence-corrected chi connectivity index (χ2v) is 4.04. The zero-order valence-corrected chi connectivity index (χ0v) is 9.33. The van der Waals surface area contributed by atoms with E-state index in [1.165, 1.54) is 12.1 Å². The van der Waals surface area contributed by atoms with Crippen LogP contribution >= 0.6 is 0 Å². The molecule has 0 spiro atoms. The van der Waals surface area contributed by atoms with Crippen LogP contribution in [0.4, 0.5) is 4.39 Å². The quantitative estimate of drug-likeness (QED) is 0.828. The van der Waals surface area contributed by atoms with E-state index in [-0.39, 0.29) is 11.9 Å². The van der Waals surface area contributed by atoms with E-state index in [0.29, 0.717) is 6.42 Å². The molecule has 0 aromatic heterocycles. The summed E-state index contributed by atoms with van der Waals surface area (Å²) in [5.74, 6) is -0.284. The fraction of sp³-hybridized carbons (Fsp3) is 0.500. The third-order valence-electron chi connectivity index (χ3n) is 2.68. The predicted molar refractivity (Wildman–Crippen MR) is 57.2 cm³/mol. The van der Waals surface area contributed by atoms with Gasteiger partial charge >= 0.3 is 0 Å². The summed E-state index contributed by atoms with van der Waals surface area (Å²) in [5.41, 5.74) is -0.216. The summed E-state index contributed by atoms with van der Waals surface area (Å²) in [7, 11) is 1.55. The lowest BCUT2D eigenvalue weighted by Crippen LogP contribution is -2.40. The molecule has 0 aliphatic heterocycles. The van der Waals surface area contributed by atoms with Gasteiger partial charge in [-0.2, -0.15) is 0 Å². The van der Waals surface area contributed by atoms with E-state index in [4.69, 9.17) is 4.74 Å². The van der Waals surface area contributed by atoms with Crippen LogP contribution in [0.1, 0.15) is 19.4 Å².